The van der Waals surface area contributed by atoms with Crippen molar-refractivity contribution in [2.45, 2.75) is 99.9 Å². The second-order valence-electron chi connectivity index (χ2n) is 18.8. The second kappa shape index (κ2) is 25.0. The molecule has 2 atom stereocenters. The van der Waals surface area contributed by atoms with Gasteiger partial charge in [-0.2, -0.15) is 0 Å². The van der Waals surface area contributed by atoms with Crippen molar-refractivity contribution in [2.75, 3.05) is 49.3 Å². The predicted octanol–water partition coefficient (Wildman–Crippen LogP) is 9.27. The van der Waals surface area contributed by atoms with Crippen LogP contribution in [0.1, 0.15) is 74.2 Å². The van der Waals surface area contributed by atoms with E-state index in [9.17, 15) is 8.78 Å². The van der Waals surface area contributed by atoms with Crippen molar-refractivity contribution in [2.24, 2.45) is 14.1 Å². The molecule has 75 heavy (non-hydrogen) atoms. The van der Waals surface area contributed by atoms with Crippen molar-refractivity contribution >= 4 is 57.6 Å². The van der Waals surface area contributed by atoms with Gasteiger partial charge < -0.3 is 46.0 Å². The SMILES string of the molecule is C.CC.CC1(C)OB(c2cc(F)cc3[nH]ccc23)OC1(C)C.Cc1nnn(C)c1-c1cc(N2CCOC[C@H]2C)nc(-c2cc(F)cc3[nH]ccc23)n1.Cc1nnn(C)c1-c1cc(N2CCOC[C@H]2C)nc(Cl)n1.[CH3-].[W]. The molecule has 3 saturated heterocycles. The second-order valence-corrected chi connectivity index (χ2v) is 19.1. The summed E-state index contributed by atoms with van der Waals surface area (Å²) in [6.45, 7) is 24.1. The van der Waals surface area contributed by atoms with Crippen LogP contribution in [-0.2, 0) is 53.9 Å². The number of rotatable bonds is 6. The molecule has 0 unspecified atom stereocenters. The van der Waals surface area contributed by atoms with E-state index in [0.717, 1.165) is 74.9 Å². The first kappa shape index (κ1) is 60.2. The molecule has 3 aliphatic heterocycles. The van der Waals surface area contributed by atoms with Gasteiger partial charge in [-0.3, -0.25) is 0 Å². The number of aryl methyl sites for hydroxylation is 4. The number of nitrogens with one attached hydrogen (secondary N) is 2. The van der Waals surface area contributed by atoms with E-state index < -0.39 is 18.3 Å². The van der Waals surface area contributed by atoms with Gasteiger partial charge in [0, 0.05) is 94.8 Å². The summed E-state index contributed by atoms with van der Waals surface area (Å²) in [4.78, 5) is 28.8. The Bertz CT molecular complexity index is 3130. The molecule has 9 heterocycles. The molecule has 3 aliphatic rings. The van der Waals surface area contributed by atoms with Crippen LogP contribution in [0.5, 0.6) is 0 Å². The maximum Gasteiger partial charge on any atom is 0.495 e. The molecular formula is C52H69BClF2N14O4W-. The number of morpholine rings is 2. The predicted molar refractivity (Wildman–Crippen MR) is 290 cm³/mol. The number of benzene rings is 2. The Labute approximate surface area is 458 Å². The number of H-pyrrole nitrogens is 2. The van der Waals surface area contributed by atoms with Crippen LogP contribution in [0.3, 0.4) is 0 Å². The molecule has 2 aromatic carbocycles. The molecular weight excluding hydrogens is 1150 g/mol. The number of anilines is 2. The van der Waals surface area contributed by atoms with Crippen LogP contribution in [0.25, 0.3) is 56.0 Å². The third-order valence-electron chi connectivity index (χ3n) is 13.2. The molecule has 402 valence electrons. The number of nitrogens with zero attached hydrogens (tertiary/aromatic N) is 12. The third-order valence-corrected chi connectivity index (χ3v) is 13.4. The first-order valence-electron chi connectivity index (χ1n) is 24.1. The van der Waals surface area contributed by atoms with Crippen LogP contribution in [0.2, 0.25) is 5.28 Å². The molecule has 0 amide bonds. The Balaban J connectivity index is 0.000000207. The van der Waals surface area contributed by atoms with Gasteiger partial charge >= 0.3 is 7.12 Å². The van der Waals surface area contributed by atoms with Crippen molar-refractivity contribution in [1.29, 1.82) is 0 Å². The van der Waals surface area contributed by atoms with E-state index in [-0.39, 0.29) is 64.9 Å². The van der Waals surface area contributed by atoms with E-state index >= 15 is 0 Å². The van der Waals surface area contributed by atoms with Crippen molar-refractivity contribution in [3.8, 4) is 34.2 Å². The molecule has 6 aromatic heterocycles. The summed E-state index contributed by atoms with van der Waals surface area (Å²) in [5.74, 6) is 1.42. The summed E-state index contributed by atoms with van der Waals surface area (Å²) >= 11 is 6.11. The molecule has 23 heteroatoms. The molecule has 3 fully saturated rings. The molecule has 11 rings (SSSR count). The minimum Gasteiger partial charge on any atom is -0.399 e. The number of hydrogen-bond donors (Lipinski definition) is 2. The van der Waals surface area contributed by atoms with E-state index in [4.69, 9.17) is 40.4 Å². The van der Waals surface area contributed by atoms with Gasteiger partial charge in [0.2, 0.25) is 5.28 Å². The number of aromatic amines is 2. The topological polar surface area (TPSA) is 188 Å². The molecule has 0 saturated carbocycles. The Kier molecular flexibility index (Phi) is 20.0. The monoisotopic (exact) mass is 1220 g/mol. The Hall–Kier alpha value is -5.70. The van der Waals surface area contributed by atoms with Gasteiger partial charge in [-0.05, 0) is 114 Å². The molecule has 2 N–H and O–H groups in total. The first-order valence-corrected chi connectivity index (χ1v) is 24.5. The average molecular weight is 1220 g/mol. The normalized spacial score (nSPS) is 17.6. The molecule has 0 aliphatic carbocycles. The van der Waals surface area contributed by atoms with E-state index in [2.05, 4.69) is 64.2 Å². The fraction of sp³-hybridized carbons (Fsp3) is 0.442. The maximum atomic E-state index is 14.4. The summed E-state index contributed by atoms with van der Waals surface area (Å²) in [7, 11) is 3.13. The van der Waals surface area contributed by atoms with Crippen LogP contribution in [0.4, 0.5) is 20.4 Å². The maximum absolute atomic E-state index is 14.4. The summed E-state index contributed by atoms with van der Waals surface area (Å²) in [5.41, 5.74) is 6.66. The minimum absolute atomic E-state index is 0. The molecule has 0 radical (unpaired) electrons. The van der Waals surface area contributed by atoms with Gasteiger partial charge in [-0.15, -0.1) is 10.2 Å². The van der Waals surface area contributed by atoms with Crippen LogP contribution in [0.15, 0.2) is 60.9 Å². The van der Waals surface area contributed by atoms with Crippen LogP contribution in [0, 0.1) is 32.9 Å². The van der Waals surface area contributed by atoms with Crippen molar-refractivity contribution in [1.82, 2.24) is 59.9 Å². The van der Waals surface area contributed by atoms with Crippen molar-refractivity contribution < 1.29 is 48.6 Å². The minimum atomic E-state index is -0.543. The van der Waals surface area contributed by atoms with Gasteiger partial charge in [0.15, 0.2) is 5.82 Å². The zero-order chi connectivity index (χ0) is 51.6. The number of fused-ring (bicyclic) bond motifs is 2. The van der Waals surface area contributed by atoms with Gasteiger partial charge in [-0.25, -0.2) is 38.1 Å². The number of aromatic nitrogens is 12. The van der Waals surface area contributed by atoms with E-state index in [1.54, 1.807) is 21.8 Å². The number of ether oxygens (including phenoxy) is 2. The average Bonchev–Trinajstić information content (AvgIpc) is 4.19. The summed E-state index contributed by atoms with van der Waals surface area (Å²) < 4.78 is 54.4. The fourth-order valence-electron chi connectivity index (χ4n) is 8.90. The van der Waals surface area contributed by atoms with E-state index in [1.807, 2.05) is 93.8 Å². The molecule has 8 aromatic rings. The number of halogens is 3. The summed E-state index contributed by atoms with van der Waals surface area (Å²) in [5, 5.41) is 18.4. The van der Waals surface area contributed by atoms with Crippen LogP contribution in [-0.4, -0.2) is 130 Å². The van der Waals surface area contributed by atoms with Crippen LogP contribution < -0.4 is 15.3 Å². The Morgan fingerprint density at radius 1 is 0.680 bits per heavy atom. The largest absolute Gasteiger partial charge is 0.495 e. The van der Waals surface area contributed by atoms with Crippen molar-refractivity contribution in [3.63, 3.8) is 0 Å². The van der Waals surface area contributed by atoms with E-state index in [0.29, 0.717) is 49.0 Å². The zero-order valence-electron chi connectivity index (χ0n) is 44.3. The summed E-state index contributed by atoms with van der Waals surface area (Å²) in [6.07, 6.45) is 3.58. The number of hydrogen-bond acceptors (Lipinski definition) is 14. The van der Waals surface area contributed by atoms with Gasteiger partial charge in [0.1, 0.15) is 34.7 Å². The molecule has 0 spiro atoms. The molecule has 0 bridgehead atoms. The van der Waals surface area contributed by atoms with Gasteiger partial charge in [0.25, 0.3) is 0 Å². The summed E-state index contributed by atoms with van der Waals surface area (Å²) in [6, 6.07) is 14.0. The van der Waals surface area contributed by atoms with Gasteiger partial charge in [0.05, 0.1) is 72.5 Å². The standard InChI is InChI=1S/C21H22FN7O.C14H17BFNO2.C13H17ClN6O.C2H6.CH4.CH3.W/c1-12-11-30-7-6-29(12)19-10-18(20-13(2)26-27-28(20)3)24-21(25-19)16-8-14(22)9-17-15(16)4-5-23-17;1-13(2)14(3,4)19-15(18-13)11-7-9(16)8-12-10(11)5-6-17-12;1-8-7-21-5-4-20(8)11-6-10(15-13(14)16-11)12-9(2)17-18-19(12)3;1-2;;;/h4-5,8-10,12,23H,6-7,11H2,1-3H3;5-8,17H,1-4H3;6,8H,4-5,7H2,1-3H3;1-2H3;1H4;1H3;/q;;;;;-1;/t12-;;8-;;;;/m1.1..../s1. The third kappa shape index (κ3) is 12.8. The quantitative estimate of drug-likeness (QED) is 0.0911. The van der Waals surface area contributed by atoms with E-state index in [1.165, 1.54) is 24.3 Å². The zero-order valence-corrected chi connectivity index (χ0v) is 48.0. The first-order chi connectivity index (χ1) is 34.4. The smallest absolute Gasteiger partial charge is 0.399 e. The van der Waals surface area contributed by atoms with Crippen molar-refractivity contribution in [3.05, 3.63) is 96.7 Å². The Morgan fingerprint density at radius 3 is 1.64 bits per heavy atom. The van der Waals surface area contributed by atoms with Gasteiger partial charge in [-0.1, -0.05) is 31.7 Å². The van der Waals surface area contributed by atoms with Crippen LogP contribution >= 0.6 is 11.6 Å². The fourth-order valence-corrected chi connectivity index (χ4v) is 9.07. The molecule has 18 nitrogen and oxygen atoms in total. The Morgan fingerprint density at radius 2 is 1.15 bits per heavy atom.